The average Bonchev–Trinajstić information content (AvgIpc) is 2.96. The van der Waals surface area contributed by atoms with E-state index in [9.17, 15) is 9.59 Å². The SMILES string of the molecule is O=C(Cc1ccc(N2CCCC2=O)cc1)Nc1ccc(Cl)cc1. The van der Waals surface area contributed by atoms with Crippen LogP contribution in [0.15, 0.2) is 48.5 Å². The summed E-state index contributed by atoms with van der Waals surface area (Å²) in [6.45, 7) is 0.773. The molecule has 118 valence electrons. The molecule has 1 aliphatic rings. The monoisotopic (exact) mass is 328 g/mol. The standard InChI is InChI=1S/C18H17ClN2O2/c19-14-5-7-15(8-6-14)20-17(22)12-13-3-9-16(10-4-13)21-11-1-2-18(21)23/h3-10H,1-2,11-12H2,(H,20,22). The first-order valence-electron chi connectivity index (χ1n) is 7.56. The van der Waals surface area contributed by atoms with Crippen LogP contribution in [-0.2, 0) is 16.0 Å². The lowest BCUT2D eigenvalue weighted by Gasteiger charge is -2.15. The van der Waals surface area contributed by atoms with Crippen molar-refractivity contribution in [1.82, 2.24) is 0 Å². The highest BCUT2D eigenvalue weighted by Gasteiger charge is 2.21. The lowest BCUT2D eigenvalue weighted by molar-refractivity contribution is -0.117. The molecule has 1 N–H and O–H groups in total. The van der Waals surface area contributed by atoms with E-state index in [2.05, 4.69) is 5.32 Å². The van der Waals surface area contributed by atoms with Gasteiger partial charge in [0.25, 0.3) is 0 Å². The number of hydrogen-bond donors (Lipinski definition) is 1. The molecule has 2 aromatic carbocycles. The fourth-order valence-corrected chi connectivity index (χ4v) is 2.76. The Morgan fingerprint density at radius 1 is 1.09 bits per heavy atom. The molecular weight excluding hydrogens is 312 g/mol. The summed E-state index contributed by atoms with van der Waals surface area (Å²) in [7, 11) is 0. The van der Waals surface area contributed by atoms with Gasteiger partial charge in [-0.1, -0.05) is 23.7 Å². The molecule has 2 amide bonds. The van der Waals surface area contributed by atoms with E-state index in [0.29, 0.717) is 11.4 Å². The van der Waals surface area contributed by atoms with Gasteiger partial charge in [-0.25, -0.2) is 0 Å². The fourth-order valence-electron chi connectivity index (χ4n) is 2.64. The smallest absolute Gasteiger partial charge is 0.228 e. The molecule has 0 atom stereocenters. The number of carbonyl (C=O) groups is 2. The van der Waals surface area contributed by atoms with E-state index < -0.39 is 0 Å². The molecular formula is C18H17ClN2O2. The molecule has 23 heavy (non-hydrogen) atoms. The van der Waals surface area contributed by atoms with Crippen LogP contribution in [0.1, 0.15) is 18.4 Å². The van der Waals surface area contributed by atoms with Crippen LogP contribution in [0, 0.1) is 0 Å². The third-order valence-electron chi connectivity index (χ3n) is 3.81. The zero-order chi connectivity index (χ0) is 16.2. The van der Waals surface area contributed by atoms with E-state index in [0.717, 1.165) is 29.9 Å². The minimum atomic E-state index is -0.0858. The van der Waals surface area contributed by atoms with E-state index in [1.54, 1.807) is 29.2 Å². The van der Waals surface area contributed by atoms with Crippen molar-refractivity contribution in [2.45, 2.75) is 19.3 Å². The molecule has 0 aliphatic carbocycles. The molecule has 3 rings (SSSR count). The summed E-state index contributed by atoms with van der Waals surface area (Å²) in [5, 5.41) is 3.47. The Balaban J connectivity index is 1.60. The van der Waals surface area contributed by atoms with Crippen LogP contribution in [0.3, 0.4) is 0 Å². The summed E-state index contributed by atoms with van der Waals surface area (Å²) < 4.78 is 0. The molecule has 0 unspecified atom stereocenters. The lowest BCUT2D eigenvalue weighted by atomic mass is 10.1. The van der Waals surface area contributed by atoms with E-state index in [4.69, 9.17) is 11.6 Å². The molecule has 1 fully saturated rings. The number of halogens is 1. The lowest BCUT2D eigenvalue weighted by Crippen LogP contribution is -2.23. The first kappa shape index (κ1) is 15.6. The van der Waals surface area contributed by atoms with Crippen LogP contribution in [-0.4, -0.2) is 18.4 Å². The van der Waals surface area contributed by atoms with Crippen molar-refractivity contribution >= 4 is 34.8 Å². The predicted molar refractivity (Wildman–Crippen MR) is 91.8 cm³/mol. The second-order valence-corrected chi connectivity index (χ2v) is 5.98. The van der Waals surface area contributed by atoms with Crippen molar-refractivity contribution in [3.05, 3.63) is 59.1 Å². The maximum Gasteiger partial charge on any atom is 0.228 e. The number of amides is 2. The van der Waals surface area contributed by atoms with Crippen LogP contribution in [0.5, 0.6) is 0 Å². The number of nitrogens with zero attached hydrogens (tertiary/aromatic N) is 1. The molecule has 0 aromatic heterocycles. The van der Waals surface area contributed by atoms with Gasteiger partial charge >= 0.3 is 0 Å². The topological polar surface area (TPSA) is 49.4 Å². The van der Waals surface area contributed by atoms with Crippen LogP contribution in [0.2, 0.25) is 5.02 Å². The number of anilines is 2. The fraction of sp³-hybridized carbons (Fsp3) is 0.222. The van der Waals surface area contributed by atoms with Crippen LogP contribution in [0.4, 0.5) is 11.4 Å². The third-order valence-corrected chi connectivity index (χ3v) is 4.07. The van der Waals surface area contributed by atoms with Crippen LogP contribution >= 0.6 is 11.6 Å². The molecule has 0 saturated carbocycles. The summed E-state index contributed by atoms with van der Waals surface area (Å²) in [4.78, 5) is 25.6. The molecule has 4 nitrogen and oxygen atoms in total. The molecule has 1 aliphatic heterocycles. The summed E-state index contributed by atoms with van der Waals surface area (Å²) >= 11 is 5.82. The molecule has 1 saturated heterocycles. The summed E-state index contributed by atoms with van der Waals surface area (Å²) in [5.74, 6) is 0.0792. The Morgan fingerprint density at radius 3 is 2.39 bits per heavy atom. The maximum atomic E-state index is 12.1. The third kappa shape index (κ3) is 3.90. The second-order valence-electron chi connectivity index (χ2n) is 5.55. The highest BCUT2D eigenvalue weighted by Crippen LogP contribution is 2.22. The number of rotatable bonds is 4. The summed E-state index contributed by atoms with van der Waals surface area (Å²) in [5.41, 5.74) is 2.53. The van der Waals surface area contributed by atoms with Crippen molar-refractivity contribution in [2.24, 2.45) is 0 Å². The predicted octanol–water partition coefficient (Wildman–Crippen LogP) is 3.65. The average molecular weight is 329 g/mol. The van der Waals surface area contributed by atoms with Crippen molar-refractivity contribution < 1.29 is 9.59 Å². The summed E-state index contributed by atoms with van der Waals surface area (Å²) in [6.07, 6.45) is 1.81. The van der Waals surface area contributed by atoms with E-state index in [-0.39, 0.29) is 18.2 Å². The first-order valence-corrected chi connectivity index (χ1v) is 7.94. The van der Waals surface area contributed by atoms with Gasteiger partial charge in [0, 0.05) is 29.4 Å². The second kappa shape index (κ2) is 6.84. The van der Waals surface area contributed by atoms with Gasteiger partial charge in [0.1, 0.15) is 0 Å². The molecule has 1 heterocycles. The largest absolute Gasteiger partial charge is 0.326 e. The van der Waals surface area contributed by atoms with Gasteiger partial charge < -0.3 is 10.2 Å². The van der Waals surface area contributed by atoms with Gasteiger partial charge in [0.05, 0.1) is 6.42 Å². The normalized spacial score (nSPS) is 14.1. The zero-order valence-corrected chi connectivity index (χ0v) is 13.3. The molecule has 2 aromatic rings. The quantitative estimate of drug-likeness (QED) is 0.931. The Morgan fingerprint density at radius 2 is 1.78 bits per heavy atom. The number of hydrogen-bond acceptors (Lipinski definition) is 2. The number of carbonyl (C=O) groups excluding carboxylic acids is 2. The molecule has 0 spiro atoms. The van der Waals surface area contributed by atoms with Gasteiger partial charge in [-0.3, -0.25) is 9.59 Å². The van der Waals surface area contributed by atoms with Crippen LogP contribution < -0.4 is 10.2 Å². The van der Waals surface area contributed by atoms with Gasteiger partial charge in [0.2, 0.25) is 11.8 Å². The number of nitrogens with one attached hydrogen (secondary N) is 1. The minimum absolute atomic E-state index is 0.0858. The molecule has 5 heteroatoms. The van der Waals surface area contributed by atoms with E-state index in [1.807, 2.05) is 24.3 Å². The van der Waals surface area contributed by atoms with Gasteiger partial charge in [-0.2, -0.15) is 0 Å². The van der Waals surface area contributed by atoms with Crippen molar-refractivity contribution in [1.29, 1.82) is 0 Å². The highest BCUT2D eigenvalue weighted by molar-refractivity contribution is 6.30. The van der Waals surface area contributed by atoms with Gasteiger partial charge in [0.15, 0.2) is 0 Å². The summed E-state index contributed by atoms with van der Waals surface area (Å²) in [6, 6.07) is 14.6. The Kier molecular flexibility index (Phi) is 4.63. The highest BCUT2D eigenvalue weighted by atomic mass is 35.5. The Bertz CT molecular complexity index is 711. The molecule has 0 radical (unpaired) electrons. The van der Waals surface area contributed by atoms with Crippen molar-refractivity contribution in [3.8, 4) is 0 Å². The molecule has 0 bridgehead atoms. The van der Waals surface area contributed by atoms with E-state index in [1.165, 1.54) is 0 Å². The van der Waals surface area contributed by atoms with Crippen molar-refractivity contribution in [2.75, 3.05) is 16.8 Å². The van der Waals surface area contributed by atoms with Crippen LogP contribution in [0.25, 0.3) is 0 Å². The van der Waals surface area contributed by atoms with Gasteiger partial charge in [-0.05, 0) is 48.4 Å². The first-order chi connectivity index (χ1) is 11.1. The minimum Gasteiger partial charge on any atom is -0.326 e. The number of benzene rings is 2. The van der Waals surface area contributed by atoms with Gasteiger partial charge in [-0.15, -0.1) is 0 Å². The zero-order valence-electron chi connectivity index (χ0n) is 12.6. The van der Waals surface area contributed by atoms with Crippen molar-refractivity contribution in [3.63, 3.8) is 0 Å². The Labute approximate surface area is 140 Å². The maximum absolute atomic E-state index is 12.1. The Hall–Kier alpha value is -2.33. The van der Waals surface area contributed by atoms with E-state index >= 15 is 0 Å².